The Hall–Kier alpha value is -2.16. The number of Topliss-reactive ketones (excluding diaryl/α,β-unsaturated/α-hetero) is 1. The van der Waals surface area contributed by atoms with Crippen molar-refractivity contribution in [2.24, 2.45) is 22.7 Å². The van der Waals surface area contributed by atoms with Crippen molar-refractivity contribution in [3.63, 3.8) is 0 Å². The average Bonchev–Trinajstić information content (AvgIpc) is 2.94. The van der Waals surface area contributed by atoms with E-state index in [1.165, 1.54) is 12.8 Å². The summed E-state index contributed by atoms with van der Waals surface area (Å²) >= 11 is 0. The first-order chi connectivity index (χ1) is 13.3. The summed E-state index contributed by atoms with van der Waals surface area (Å²) in [4.78, 5) is 24.3. The predicted octanol–water partition coefficient (Wildman–Crippen LogP) is 6.02. The van der Waals surface area contributed by atoms with Crippen LogP contribution in [0.25, 0.3) is 0 Å². The molecule has 3 heteroatoms. The number of carbonyl (C=O) groups is 2. The van der Waals surface area contributed by atoms with Crippen LogP contribution < -0.4 is 0 Å². The first-order valence-corrected chi connectivity index (χ1v) is 10.4. The van der Waals surface area contributed by atoms with Crippen molar-refractivity contribution in [2.45, 2.75) is 57.8 Å². The zero-order chi connectivity index (χ0) is 20.1. The molecule has 0 amide bonds. The van der Waals surface area contributed by atoms with Gasteiger partial charge in [-0.1, -0.05) is 25.1 Å². The summed E-state index contributed by atoms with van der Waals surface area (Å²) < 4.78 is 0. The molecule has 4 atom stereocenters. The SMILES string of the molecule is C=CCC1(CC=C)C[C@H]2[C@@H]3CC(=O)c4cc(C(=O)O)ccc4[C@H]3CC[C@]2(C)C1. The van der Waals surface area contributed by atoms with Gasteiger partial charge in [0.15, 0.2) is 5.78 Å². The van der Waals surface area contributed by atoms with Crippen LogP contribution in [0.5, 0.6) is 0 Å². The third kappa shape index (κ3) is 2.87. The highest BCUT2D eigenvalue weighted by Crippen LogP contribution is 2.67. The van der Waals surface area contributed by atoms with Gasteiger partial charge in [-0.2, -0.15) is 0 Å². The molecule has 0 spiro atoms. The minimum atomic E-state index is -0.969. The van der Waals surface area contributed by atoms with Crippen molar-refractivity contribution < 1.29 is 14.7 Å². The first kappa shape index (κ1) is 19.2. The van der Waals surface area contributed by atoms with E-state index in [4.69, 9.17) is 0 Å². The number of hydrogen-bond acceptors (Lipinski definition) is 2. The number of carboxylic acid groups (broad SMARTS) is 1. The van der Waals surface area contributed by atoms with Gasteiger partial charge in [0, 0.05) is 12.0 Å². The molecule has 4 rings (SSSR count). The lowest BCUT2D eigenvalue weighted by molar-refractivity contribution is 0.0526. The van der Waals surface area contributed by atoms with Crippen molar-refractivity contribution in [3.8, 4) is 0 Å². The van der Waals surface area contributed by atoms with E-state index in [0.29, 0.717) is 29.7 Å². The van der Waals surface area contributed by atoms with Crippen LogP contribution in [0.4, 0.5) is 0 Å². The van der Waals surface area contributed by atoms with Gasteiger partial charge in [0.1, 0.15) is 0 Å². The maximum absolute atomic E-state index is 13.0. The van der Waals surface area contributed by atoms with Gasteiger partial charge in [0.05, 0.1) is 5.56 Å². The molecule has 3 nitrogen and oxygen atoms in total. The lowest BCUT2D eigenvalue weighted by atomic mass is 9.55. The Morgan fingerprint density at radius 2 is 2.00 bits per heavy atom. The van der Waals surface area contributed by atoms with Crippen molar-refractivity contribution in [3.05, 3.63) is 60.2 Å². The molecular weight excluding hydrogens is 348 g/mol. The fourth-order valence-electron chi connectivity index (χ4n) is 6.95. The molecule has 2 fully saturated rings. The molecule has 1 N–H and O–H groups in total. The van der Waals surface area contributed by atoms with Crippen molar-refractivity contribution >= 4 is 11.8 Å². The topological polar surface area (TPSA) is 54.4 Å². The summed E-state index contributed by atoms with van der Waals surface area (Å²) in [6.45, 7) is 10.4. The maximum Gasteiger partial charge on any atom is 0.335 e. The van der Waals surface area contributed by atoms with Gasteiger partial charge in [-0.05, 0) is 84.8 Å². The fraction of sp³-hybridized carbons (Fsp3) is 0.520. The number of carboxylic acids is 1. The summed E-state index contributed by atoms with van der Waals surface area (Å²) in [5.41, 5.74) is 2.44. The first-order valence-electron chi connectivity index (χ1n) is 10.4. The number of carbonyl (C=O) groups excluding carboxylic acids is 1. The Morgan fingerprint density at radius 1 is 1.29 bits per heavy atom. The summed E-state index contributed by atoms with van der Waals surface area (Å²) in [6.07, 6.45) is 11.3. The Bertz CT molecular complexity index is 841. The molecule has 3 aliphatic rings. The third-order valence-electron chi connectivity index (χ3n) is 7.96. The van der Waals surface area contributed by atoms with E-state index in [-0.39, 0.29) is 22.2 Å². The zero-order valence-corrected chi connectivity index (χ0v) is 16.7. The molecule has 1 aromatic carbocycles. The highest BCUT2D eigenvalue weighted by molar-refractivity contribution is 6.01. The number of allylic oxidation sites excluding steroid dienone is 2. The van der Waals surface area contributed by atoms with E-state index < -0.39 is 5.97 Å². The van der Waals surface area contributed by atoms with Crippen LogP contribution in [0.3, 0.4) is 0 Å². The van der Waals surface area contributed by atoms with Gasteiger partial charge in [-0.3, -0.25) is 4.79 Å². The van der Waals surface area contributed by atoms with Crippen molar-refractivity contribution in [1.29, 1.82) is 0 Å². The standard InChI is InChI=1S/C25H30O3/c1-4-9-25(10-5-2)14-21-19-13-22(26)20-12-16(23(27)28)6-7-17(20)18(19)8-11-24(21,3)15-25/h4-7,12,18-19,21H,1-2,8-11,13-15H2,3H3,(H,27,28)/t18-,19-,21+,24-/m1/s1. The minimum absolute atomic E-state index is 0.119. The Morgan fingerprint density at radius 3 is 2.64 bits per heavy atom. The normalized spacial score (nSPS) is 32.8. The van der Waals surface area contributed by atoms with Crippen LogP contribution in [0.2, 0.25) is 0 Å². The number of benzene rings is 1. The second-order valence-corrected chi connectivity index (χ2v) is 9.67. The van der Waals surface area contributed by atoms with Gasteiger partial charge < -0.3 is 5.11 Å². The van der Waals surface area contributed by atoms with E-state index >= 15 is 0 Å². The number of aromatic carboxylic acids is 1. The monoisotopic (exact) mass is 378 g/mol. The minimum Gasteiger partial charge on any atom is -0.478 e. The molecule has 3 aliphatic carbocycles. The molecule has 0 heterocycles. The summed E-state index contributed by atoms with van der Waals surface area (Å²) in [5.74, 6) is 0.419. The molecule has 2 saturated carbocycles. The second kappa shape index (κ2) is 6.72. The maximum atomic E-state index is 13.0. The number of hydrogen-bond donors (Lipinski definition) is 1. The number of ketones is 1. The Balaban J connectivity index is 1.71. The van der Waals surface area contributed by atoms with Gasteiger partial charge in [-0.25, -0.2) is 4.79 Å². The van der Waals surface area contributed by atoms with Crippen molar-refractivity contribution in [1.82, 2.24) is 0 Å². The second-order valence-electron chi connectivity index (χ2n) is 9.67. The molecular formula is C25H30O3. The molecule has 0 radical (unpaired) electrons. The summed E-state index contributed by atoms with van der Waals surface area (Å²) in [7, 11) is 0. The molecule has 0 aromatic heterocycles. The van der Waals surface area contributed by atoms with Gasteiger partial charge >= 0.3 is 5.97 Å². The molecule has 0 bridgehead atoms. The molecule has 148 valence electrons. The highest BCUT2D eigenvalue weighted by Gasteiger charge is 2.57. The predicted molar refractivity (Wildman–Crippen MR) is 111 cm³/mol. The zero-order valence-electron chi connectivity index (χ0n) is 16.7. The fourth-order valence-corrected chi connectivity index (χ4v) is 6.95. The van der Waals surface area contributed by atoms with Gasteiger partial charge in [-0.15, -0.1) is 13.2 Å². The van der Waals surface area contributed by atoms with E-state index in [2.05, 4.69) is 32.2 Å². The third-order valence-corrected chi connectivity index (χ3v) is 7.96. The van der Waals surface area contributed by atoms with Crippen LogP contribution >= 0.6 is 0 Å². The average molecular weight is 379 g/mol. The molecule has 1 aromatic rings. The number of rotatable bonds is 5. The largest absolute Gasteiger partial charge is 0.478 e. The molecule has 0 unspecified atom stereocenters. The van der Waals surface area contributed by atoms with E-state index in [0.717, 1.165) is 31.2 Å². The lowest BCUT2D eigenvalue weighted by Gasteiger charge is -2.48. The van der Waals surface area contributed by atoms with Gasteiger partial charge in [0.2, 0.25) is 0 Å². The van der Waals surface area contributed by atoms with Crippen LogP contribution in [0.15, 0.2) is 43.5 Å². The Kier molecular flexibility index (Phi) is 4.60. The summed E-state index contributed by atoms with van der Waals surface area (Å²) in [6, 6.07) is 5.17. The number of fused-ring (bicyclic) bond motifs is 5. The van der Waals surface area contributed by atoms with Crippen LogP contribution in [0.1, 0.15) is 84.1 Å². The van der Waals surface area contributed by atoms with E-state index in [1.54, 1.807) is 12.1 Å². The molecule has 0 aliphatic heterocycles. The van der Waals surface area contributed by atoms with E-state index in [9.17, 15) is 14.7 Å². The van der Waals surface area contributed by atoms with Gasteiger partial charge in [0.25, 0.3) is 0 Å². The Labute approximate surface area is 167 Å². The van der Waals surface area contributed by atoms with E-state index in [1.807, 2.05) is 6.07 Å². The quantitative estimate of drug-likeness (QED) is 0.637. The molecule has 0 saturated heterocycles. The molecule has 28 heavy (non-hydrogen) atoms. The van der Waals surface area contributed by atoms with Crippen molar-refractivity contribution in [2.75, 3.05) is 0 Å². The highest BCUT2D eigenvalue weighted by atomic mass is 16.4. The van der Waals surface area contributed by atoms with Crippen LogP contribution in [-0.4, -0.2) is 16.9 Å². The lowest BCUT2D eigenvalue weighted by Crippen LogP contribution is -2.41. The smallest absolute Gasteiger partial charge is 0.335 e. The van der Waals surface area contributed by atoms with Crippen LogP contribution in [0, 0.1) is 22.7 Å². The summed E-state index contributed by atoms with van der Waals surface area (Å²) in [5, 5.41) is 9.29. The van der Waals surface area contributed by atoms with Crippen LogP contribution in [-0.2, 0) is 0 Å².